The van der Waals surface area contributed by atoms with Gasteiger partial charge >= 0.3 is 0 Å². The van der Waals surface area contributed by atoms with E-state index in [0.29, 0.717) is 28.8 Å². The van der Waals surface area contributed by atoms with Crippen molar-refractivity contribution in [2.75, 3.05) is 20.3 Å². The van der Waals surface area contributed by atoms with Gasteiger partial charge in [0.15, 0.2) is 11.5 Å². The van der Waals surface area contributed by atoms with Crippen LogP contribution in [0.3, 0.4) is 0 Å². The Morgan fingerprint density at radius 2 is 1.96 bits per heavy atom. The highest BCUT2D eigenvalue weighted by Gasteiger charge is 2.36. The van der Waals surface area contributed by atoms with Crippen LogP contribution in [0.25, 0.3) is 0 Å². The third-order valence-electron chi connectivity index (χ3n) is 4.43. The van der Waals surface area contributed by atoms with Crippen molar-refractivity contribution in [1.82, 2.24) is 4.90 Å². The van der Waals surface area contributed by atoms with Crippen molar-refractivity contribution in [3.63, 3.8) is 0 Å². The predicted molar refractivity (Wildman–Crippen MR) is 117 cm³/mol. The lowest BCUT2D eigenvalue weighted by Gasteiger charge is -2.16. The Kier molecular flexibility index (Phi) is 6.96. The number of terminal acetylenes is 1. The van der Waals surface area contributed by atoms with Crippen LogP contribution >= 0.6 is 24.0 Å². The van der Waals surface area contributed by atoms with E-state index in [0.717, 1.165) is 12.0 Å². The fourth-order valence-corrected chi connectivity index (χ4v) is 4.59. The van der Waals surface area contributed by atoms with Crippen molar-refractivity contribution in [2.45, 2.75) is 18.1 Å². The summed E-state index contributed by atoms with van der Waals surface area (Å²) in [6, 6.07) is 15.7. The predicted octanol–water partition coefficient (Wildman–Crippen LogP) is 3.72. The summed E-state index contributed by atoms with van der Waals surface area (Å²) in [6.45, 7) is 0.782. The van der Waals surface area contributed by atoms with Crippen LogP contribution in [0.4, 0.5) is 0 Å². The van der Waals surface area contributed by atoms with Gasteiger partial charge in [0.05, 0.1) is 12.4 Å². The molecule has 28 heavy (non-hydrogen) atoms. The fourth-order valence-electron chi connectivity index (χ4n) is 3.01. The number of hydrogen-bond acceptors (Lipinski definition) is 5. The van der Waals surface area contributed by atoms with Crippen molar-refractivity contribution in [3.8, 4) is 23.8 Å². The van der Waals surface area contributed by atoms with Gasteiger partial charge in [-0.15, -0.1) is 6.42 Å². The Hall–Kier alpha value is -2.49. The zero-order chi connectivity index (χ0) is 19.9. The molecule has 1 aliphatic heterocycles. The lowest BCUT2D eigenvalue weighted by atomic mass is 10.1. The minimum absolute atomic E-state index is 0.0672. The molecule has 144 valence electrons. The van der Waals surface area contributed by atoms with Crippen LogP contribution in [0.2, 0.25) is 0 Å². The lowest BCUT2D eigenvalue weighted by Crippen LogP contribution is -2.33. The molecule has 0 bridgehead atoms. The molecule has 4 nitrogen and oxygen atoms in total. The van der Waals surface area contributed by atoms with Gasteiger partial charge in [0.2, 0.25) is 5.91 Å². The van der Waals surface area contributed by atoms with Gasteiger partial charge < -0.3 is 9.47 Å². The van der Waals surface area contributed by atoms with Gasteiger partial charge in [-0.3, -0.25) is 9.69 Å². The van der Waals surface area contributed by atoms with Gasteiger partial charge in [-0.05, 0) is 36.1 Å². The number of carbonyl (C=O) groups is 1. The quantitative estimate of drug-likeness (QED) is 0.489. The van der Waals surface area contributed by atoms with Crippen LogP contribution in [0.5, 0.6) is 11.5 Å². The highest BCUT2D eigenvalue weighted by Crippen LogP contribution is 2.33. The summed E-state index contributed by atoms with van der Waals surface area (Å²) >= 11 is 6.90. The van der Waals surface area contributed by atoms with E-state index in [1.807, 2.05) is 36.4 Å². The van der Waals surface area contributed by atoms with Crippen molar-refractivity contribution < 1.29 is 14.3 Å². The normalized spacial score (nSPS) is 16.1. The summed E-state index contributed by atoms with van der Waals surface area (Å²) in [5, 5.41) is -0.217. The molecule has 2 aromatic carbocycles. The molecule has 0 aromatic heterocycles. The van der Waals surface area contributed by atoms with Gasteiger partial charge in [0, 0.05) is 6.54 Å². The van der Waals surface area contributed by atoms with Crippen molar-refractivity contribution in [2.24, 2.45) is 0 Å². The molecule has 1 heterocycles. The number of thioether (sulfide) groups is 1. The van der Waals surface area contributed by atoms with Crippen LogP contribution in [0, 0.1) is 12.3 Å². The number of carbonyl (C=O) groups excluding carboxylic acids is 1. The first-order valence-corrected chi connectivity index (χ1v) is 10.2. The average Bonchev–Trinajstić information content (AvgIpc) is 2.98. The van der Waals surface area contributed by atoms with E-state index in [9.17, 15) is 4.79 Å². The molecule has 1 saturated heterocycles. The summed E-state index contributed by atoms with van der Waals surface area (Å²) in [6.07, 6.45) is 6.60. The van der Waals surface area contributed by atoms with Gasteiger partial charge in [-0.2, -0.15) is 0 Å². The smallest absolute Gasteiger partial charge is 0.241 e. The Morgan fingerprint density at radius 3 is 2.68 bits per heavy atom. The molecular weight excluding hydrogens is 390 g/mol. The molecule has 1 amide bonds. The van der Waals surface area contributed by atoms with Gasteiger partial charge in [-0.1, -0.05) is 66.3 Å². The van der Waals surface area contributed by atoms with Crippen molar-refractivity contribution in [1.29, 1.82) is 0 Å². The zero-order valence-electron chi connectivity index (χ0n) is 15.6. The maximum atomic E-state index is 12.8. The molecule has 0 N–H and O–H groups in total. The fraction of sp³-hybridized carbons (Fsp3) is 0.273. The Morgan fingerprint density at radius 1 is 1.18 bits per heavy atom. The molecular formula is C22H21NO3S2. The van der Waals surface area contributed by atoms with E-state index in [2.05, 4.69) is 18.1 Å². The first-order valence-electron chi connectivity index (χ1n) is 8.91. The van der Waals surface area contributed by atoms with Crippen LogP contribution in [-0.2, 0) is 17.6 Å². The Bertz CT molecular complexity index is 892. The van der Waals surface area contributed by atoms with E-state index in [1.165, 1.54) is 17.3 Å². The summed E-state index contributed by atoms with van der Waals surface area (Å²) < 4.78 is 11.5. The molecule has 1 atom stereocenters. The third kappa shape index (κ3) is 4.86. The Balaban J connectivity index is 1.64. The van der Waals surface area contributed by atoms with Gasteiger partial charge in [0.25, 0.3) is 0 Å². The molecule has 6 heteroatoms. The topological polar surface area (TPSA) is 38.8 Å². The number of rotatable bonds is 8. The van der Waals surface area contributed by atoms with Crippen LogP contribution in [0.1, 0.15) is 11.1 Å². The van der Waals surface area contributed by atoms with E-state index >= 15 is 0 Å². The first-order chi connectivity index (χ1) is 13.6. The number of thiocarbonyl (C=S) groups is 1. The molecule has 0 radical (unpaired) electrons. The number of hydrogen-bond donors (Lipinski definition) is 0. The first kappa shape index (κ1) is 20.2. The number of methoxy groups -OCH3 is 1. The van der Waals surface area contributed by atoms with Crippen LogP contribution in [0.15, 0.2) is 48.5 Å². The largest absolute Gasteiger partial charge is 0.493 e. The second-order valence-electron chi connectivity index (χ2n) is 6.28. The lowest BCUT2D eigenvalue weighted by molar-refractivity contribution is -0.126. The maximum absolute atomic E-state index is 12.8. The molecule has 0 saturated carbocycles. The third-order valence-corrected chi connectivity index (χ3v) is 6.02. The summed E-state index contributed by atoms with van der Waals surface area (Å²) in [7, 11) is 1.58. The highest BCUT2D eigenvalue weighted by atomic mass is 32.2. The van der Waals surface area contributed by atoms with E-state index < -0.39 is 0 Å². The maximum Gasteiger partial charge on any atom is 0.241 e. The molecule has 1 fully saturated rings. The Labute approximate surface area is 175 Å². The summed E-state index contributed by atoms with van der Waals surface area (Å²) in [4.78, 5) is 14.6. The summed E-state index contributed by atoms with van der Waals surface area (Å²) in [5.41, 5.74) is 2.18. The van der Waals surface area contributed by atoms with E-state index in [4.69, 9.17) is 28.1 Å². The number of amides is 1. The van der Waals surface area contributed by atoms with E-state index in [-0.39, 0.29) is 17.8 Å². The molecule has 3 rings (SSSR count). The molecule has 1 aliphatic rings. The number of benzene rings is 2. The standard InChI is InChI=1S/C22H21NO3S2/c1-3-13-26-18-10-9-17(14-19(18)25-2)15-20-21(24)23(22(27)28-20)12-11-16-7-5-4-6-8-16/h1,4-10,14,20H,11-13,15H2,2H3/t20-/m0/s1. The average molecular weight is 412 g/mol. The monoisotopic (exact) mass is 411 g/mol. The molecule has 0 spiro atoms. The van der Waals surface area contributed by atoms with Crippen LogP contribution < -0.4 is 9.47 Å². The van der Waals surface area contributed by atoms with Crippen molar-refractivity contribution >= 4 is 34.2 Å². The molecule has 0 aliphatic carbocycles. The summed E-state index contributed by atoms with van der Waals surface area (Å²) in [5.74, 6) is 3.70. The second-order valence-corrected chi connectivity index (χ2v) is 8.12. The van der Waals surface area contributed by atoms with Gasteiger partial charge in [0.1, 0.15) is 10.9 Å². The minimum Gasteiger partial charge on any atom is -0.493 e. The SMILES string of the molecule is C#CCOc1ccc(C[C@@H]2SC(=S)N(CCc3ccccc3)C2=O)cc1OC. The molecule has 2 aromatic rings. The molecule has 0 unspecified atom stereocenters. The van der Waals surface area contributed by atoms with Gasteiger partial charge in [-0.25, -0.2) is 0 Å². The zero-order valence-corrected chi connectivity index (χ0v) is 17.2. The van der Waals surface area contributed by atoms with Crippen LogP contribution in [-0.4, -0.2) is 40.6 Å². The minimum atomic E-state index is -0.217. The second kappa shape index (κ2) is 9.63. The number of ether oxygens (including phenoxy) is 2. The van der Waals surface area contributed by atoms with E-state index in [1.54, 1.807) is 12.0 Å². The van der Waals surface area contributed by atoms with Crippen molar-refractivity contribution in [3.05, 3.63) is 59.7 Å². The number of nitrogens with zero attached hydrogens (tertiary/aromatic N) is 1. The highest BCUT2D eigenvalue weighted by molar-refractivity contribution is 8.24.